The Morgan fingerprint density at radius 2 is 1.79 bits per heavy atom. The van der Waals surface area contributed by atoms with Crippen molar-refractivity contribution in [2.75, 3.05) is 12.0 Å². The molecule has 0 aromatic heterocycles. The minimum atomic E-state index is -0.398. The third-order valence-corrected chi connectivity index (χ3v) is 5.20. The maximum absolute atomic E-state index is 13.4. The number of methoxy groups -OCH3 is 1. The largest absolute Gasteiger partial charge is 0.466 e. The topological polar surface area (TPSA) is 46.6 Å². The van der Waals surface area contributed by atoms with E-state index >= 15 is 0 Å². The van der Waals surface area contributed by atoms with Crippen LogP contribution in [0, 0.1) is 5.92 Å². The summed E-state index contributed by atoms with van der Waals surface area (Å²) in [7, 11) is 1.35. The molecule has 0 radical (unpaired) electrons. The molecule has 146 valence electrons. The van der Waals surface area contributed by atoms with E-state index in [9.17, 15) is 9.59 Å². The average molecular weight is 377 g/mol. The van der Waals surface area contributed by atoms with Crippen LogP contribution in [0.25, 0.3) is 6.08 Å². The number of hydrogen-bond acceptors (Lipinski definition) is 3. The molecule has 2 aromatic carbocycles. The first kappa shape index (κ1) is 19.9. The van der Waals surface area contributed by atoms with Crippen LogP contribution >= 0.6 is 0 Å². The molecule has 1 saturated carbocycles. The Balaban J connectivity index is 1.88. The summed E-state index contributed by atoms with van der Waals surface area (Å²) in [6.45, 7) is 0.542. The van der Waals surface area contributed by atoms with Gasteiger partial charge in [0.25, 0.3) is 0 Å². The lowest BCUT2D eigenvalue weighted by Crippen LogP contribution is -2.36. The highest BCUT2D eigenvalue weighted by molar-refractivity contribution is 5.95. The van der Waals surface area contributed by atoms with Crippen LogP contribution in [0.5, 0.6) is 0 Å². The molecule has 0 atom stereocenters. The first-order valence-corrected chi connectivity index (χ1v) is 9.89. The molecule has 0 aliphatic heterocycles. The second kappa shape index (κ2) is 9.88. The minimum Gasteiger partial charge on any atom is -0.466 e. The molecule has 1 fully saturated rings. The fourth-order valence-electron chi connectivity index (χ4n) is 3.66. The monoisotopic (exact) mass is 377 g/mol. The molecule has 0 N–H and O–H groups in total. The molecule has 4 heteroatoms. The van der Waals surface area contributed by atoms with E-state index in [2.05, 4.69) is 4.74 Å². The van der Waals surface area contributed by atoms with E-state index in [-0.39, 0.29) is 11.8 Å². The van der Waals surface area contributed by atoms with Crippen LogP contribution in [0.4, 0.5) is 5.69 Å². The molecule has 1 aliphatic carbocycles. The van der Waals surface area contributed by atoms with Crippen molar-refractivity contribution in [3.8, 4) is 0 Å². The van der Waals surface area contributed by atoms with Crippen LogP contribution in [-0.4, -0.2) is 19.0 Å². The highest BCUT2D eigenvalue weighted by Crippen LogP contribution is 2.29. The fourth-order valence-corrected chi connectivity index (χ4v) is 3.66. The zero-order chi connectivity index (χ0) is 19.8. The molecule has 2 aromatic rings. The summed E-state index contributed by atoms with van der Waals surface area (Å²) in [4.78, 5) is 26.6. The van der Waals surface area contributed by atoms with Gasteiger partial charge in [-0.25, -0.2) is 4.79 Å². The van der Waals surface area contributed by atoms with Crippen molar-refractivity contribution in [2.45, 2.75) is 38.6 Å². The zero-order valence-electron chi connectivity index (χ0n) is 16.3. The van der Waals surface area contributed by atoms with Crippen molar-refractivity contribution < 1.29 is 14.3 Å². The summed E-state index contributed by atoms with van der Waals surface area (Å²) in [6, 6.07) is 17.8. The number of esters is 1. The lowest BCUT2D eigenvalue weighted by atomic mass is 9.88. The van der Waals surface area contributed by atoms with E-state index < -0.39 is 5.97 Å². The van der Waals surface area contributed by atoms with Gasteiger partial charge in [-0.1, -0.05) is 61.7 Å². The Hall–Kier alpha value is -2.88. The summed E-state index contributed by atoms with van der Waals surface area (Å²) in [5, 5.41) is 0. The van der Waals surface area contributed by atoms with E-state index in [0.717, 1.165) is 42.5 Å². The molecule has 4 nitrogen and oxygen atoms in total. The second-order valence-electron chi connectivity index (χ2n) is 7.20. The Labute approximate surface area is 166 Å². The van der Waals surface area contributed by atoms with Crippen LogP contribution in [0.15, 0.2) is 60.7 Å². The van der Waals surface area contributed by atoms with Crippen molar-refractivity contribution in [3.63, 3.8) is 0 Å². The highest BCUT2D eigenvalue weighted by atomic mass is 16.5. The Bertz CT molecular complexity index is 823. The number of ether oxygens (including phenoxy) is 1. The van der Waals surface area contributed by atoms with Crippen molar-refractivity contribution in [2.24, 2.45) is 5.92 Å². The van der Waals surface area contributed by atoms with E-state index in [1.807, 2.05) is 59.5 Å². The van der Waals surface area contributed by atoms with Crippen LogP contribution in [0.1, 0.15) is 43.2 Å². The van der Waals surface area contributed by atoms with Crippen molar-refractivity contribution in [1.82, 2.24) is 0 Å². The van der Waals surface area contributed by atoms with Crippen LogP contribution < -0.4 is 4.90 Å². The van der Waals surface area contributed by atoms with Gasteiger partial charge in [-0.2, -0.15) is 0 Å². The minimum absolute atomic E-state index is 0.0896. The second-order valence-corrected chi connectivity index (χ2v) is 7.20. The first-order chi connectivity index (χ1) is 13.7. The van der Waals surface area contributed by atoms with Crippen LogP contribution in [0.2, 0.25) is 0 Å². The van der Waals surface area contributed by atoms with E-state index in [0.29, 0.717) is 6.54 Å². The summed E-state index contributed by atoms with van der Waals surface area (Å²) >= 11 is 0. The van der Waals surface area contributed by atoms with Crippen LogP contribution in [-0.2, 0) is 20.9 Å². The molecule has 0 bridgehead atoms. The van der Waals surface area contributed by atoms with Gasteiger partial charge in [0.05, 0.1) is 13.7 Å². The van der Waals surface area contributed by atoms with E-state index in [4.69, 9.17) is 0 Å². The summed E-state index contributed by atoms with van der Waals surface area (Å²) in [6.07, 6.45) is 8.49. The number of amides is 1. The standard InChI is InChI=1S/C24H27NO3/c1-28-23(26)16-15-19-11-8-14-22(17-19)25(18-20-9-4-2-5-10-20)24(27)21-12-6-3-7-13-21/h2,4-5,8-11,14-17,21H,3,6-7,12-13,18H2,1H3/b16-15+. The number of anilines is 1. The first-order valence-electron chi connectivity index (χ1n) is 9.89. The zero-order valence-corrected chi connectivity index (χ0v) is 16.3. The average Bonchev–Trinajstić information content (AvgIpc) is 2.77. The molecule has 1 aliphatic rings. The maximum Gasteiger partial charge on any atom is 0.330 e. The summed E-state index contributed by atoms with van der Waals surface area (Å²) < 4.78 is 4.66. The molecule has 0 heterocycles. The van der Waals surface area contributed by atoms with Crippen LogP contribution in [0.3, 0.4) is 0 Å². The van der Waals surface area contributed by atoms with Gasteiger partial charge in [-0.05, 0) is 42.2 Å². The van der Waals surface area contributed by atoms with Gasteiger partial charge in [-0.15, -0.1) is 0 Å². The number of hydrogen-bond donors (Lipinski definition) is 0. The highest BCUT2D eigenvalue weighted by Gasteiger charge is 2.27. The third-order valence-electron chi connectivity index (χ3n) is 5.20. The van der Waals surface area contributed by atoms with E-state index in [1.165, 1.54) is 19.6 Å². The van der Waals surface area contributed by atoms with Gasteiger partial charge < -0.3 is 9.64 Å². The van der Waals surface area contributed by atoms with Crippen molar-refractivity contribution in [1.29, 1.82) is 0 Å². The fraction of sp³-hybridized carbons (Fsp3) is 0.333. The number of carbonyl (C=O) groups excluding carboxylic acids is 2. The van der Waals surface area contributed by atoms with Gasteiger partial charge in [0, 0.05) is 17.7 Å². The molecule has 3 rings (SSSR count). The van der Waals surface area contributed by atoms with Gasteiger partial charge in [0.2, 0.25) is 5.91 Å². The summed E-state index contributed by atoms with van der Waals surface area (Å²) in [5.41, 5.74) is 2.81. The predicted molar refractivity (Wildman–Crippen MR) is 112 cm³/mol. The van der Waals surface area contributed by atoms with Gasteiger partial charge in [0.1, 0.15) is 0 Å². The quantitative estimate of drug-likeness (QED) is 0.526. The molecule has 28 heavy (non-hydrogen) atoms. The maximum atomic E-state index is 13.4. The lowest BCUT2D eigenvalue weighted by molar-refractivity contribution is -0.134. The number of nitrogens with zero attached hydrogens (tertiary/aromatic N) is 1. The molecule has 1 amide bonds. The molecule has 0 saturated heterocycles. The van der Waals surface area contributed by atoms with Crippen molar-refractivity contribution in [3.05, 3.63) is 71.8 Å². The van der Waals surface area contributed by atoms with Crippen molar-refractivity contribution >= 4 is 23.6 Å². The summed E-state index contributed by atoms with van der Waals surface area (Å²) in [5.74, 6) is -0.116. The SMILES string of the molecule is COC(=O)/C=C/c1cccc(N(Cc2ccccc2)C(=O)C2CCCCC2)c1. The Kier molecular flexibility index (Phi) is 7.01. The molecule has 0 spiro atoms. The normalized spacial score (nSPS) is 14.8. The number of rotatable bonds is 6. The van der Waals surface area contributed by atoms with E-state index in [1.54, 1.807) is 6.08 Å². The van der Waals surface area contributed by atoms with Gasteiger partial charge >= 0.3 is 5.97 Å². The Morgan fingerprint density at radius 3 is 2.50 bits per heavy atom. The smallest absolute Gasteiger partial charge is 0.330 e. The Morgan fingerprint density at radius 1 is 1.04 bits per heavy atom. The van der Waals surface area contributed by atoms with Gasteiger partial charge in [-0.3, -0.25) is 4.79 Å². The number of benzene rings is 2. The predicted octanol–water partition coefficient (Wildman–Crippen LogP) is 4.99. The third kappa shape index (κ3) is 5.32. The molecular weight excluding hydrogens is 350 g/mol. The molecular formula is C24H27NO3. The molecule has 0 unspecified atom stereocenters. The van der Waals surface area contributed by atoms with Gasteiger partial charge in [0.15, 0.2) is 0 Å². The lowest BCUT2D eigenvalue weighted by Gasteiger charge is -2.30. The number of carbonyl (C=O) groups is 2.